The summed E-state index contributed by atoms with van der Waals surface area (Å²) in [5, 5.41) is 2.92. The van der Waals surface area contributed by atoms with Crippen molar-refractivity contribution in [1.82, 2.24) is 5.32 Å². The molecule has 6 heteroatoms. The molecular weight excluding hydrogens is 326 g/mol. The van der Waals surface area contributed by atoms with Gasteiger partial charge >= 0.3 is 5.97 Å². The summed E-state index contributed by atoms with van der Waals surface area (Å²) in [6, 6.07) is 7.14. The van der Waals surface area contributed by atoms with Gasteiger partial charge in [-0.1, -0.05) is 25.0 Å². The Morgan fingerprint density at radius 3 is 2.58 bits per heavy atom. The molecule has 1 fully saturated rings. The van der Waals surface area contributed by atoms with E-state index in [9.17, 15) is 14.4 Å². The van der Waals surface area contributed by atoms with Crippen LogP contribution < -0.4 is 5.32 Å². The normalized spacial score (nSPS) is 15.8. The highest BCUT2D eigenvalue weighted by Crippen LogP contribution is 2.24. The average molecular weight is 349 g/mol. The van der Waals surface area contributed by atoms with Crippen molar-refractivity contribution in [3.05, 3.63) is 29.8 Å². The first-order valence-corrected chi connectivity index (χ1v) is 9.18. The molecule has 0 radical (unpaired) electrons. The Bertz CT molecular complexity index is 611. The van der Waals surface area contributed by atoms with Crippen LogP contribution in [0.2, 0.25) is 0 Å². The van der Waals surface area contributed by atoms with Gasteiger partial charge in [-0.15, -0.1) is 11.8 Å². The summed E-state index contributed by atoms with van der Waals surface area (Å²) in [7, 11) is 0. The molecule has 5 nitrogen and oxygen atoms in total. The number of hydrogen-bond acceptors (Lipinski definition) is 5. The van der Waals surface area contributed by atoms with Gasteiger partial charge in [0.05, 0.1) is 11.3 Å². The third-order valence-corrected chi connectivity index (χ3v) is 5.11. The lowest BCUT2D eigenvalue weighted by Crippen LogP contribution is -2.40. The van der Waals surface area contributed by atoms with Gasteiger partial charge < -0.3 is 10.1 Å². The number of ether oxygens (including phenoxy) is 1. The summed E-state index contributed by atoms with van der Waals surface area (Å²) < 4.78 is 5.31. The van der Waals surface area contributed by atoms with Crippen molar-refractivity contribution in [2.75, 3.05) is 5.75 Å². The van der Waals surface area contributed by atoms with Crippen LogP contribution in [0, 0.1) is 0 Å². The maximum Gasteiger partial charge on any atom is 0.340 e. The zero-order chi connectivity index (χ0) is 17.5. The van der Waals surface area contributed by atoms with Crippen LogP contribution in [0.3, 0.4) is 0 Å². The van der Waals surface area contributed by atoms with Crippen LogP contribution >= 0.6 is 11.8 Å². The molecule has 1 atom stereocenters. The number of hydrogen-bond donors (Lipinski definition) is 1. The van der Waals surface area contributed by atoms with Gasteiger partial charge in [-0.2, -0.15) is 0 Å². The number of rotatable bonds is 7. The van der Waals surface area contributed by atoms with Gasteiger partial charge in [0.1, 0.15) is 5.78 Å². The van der Waals surface area contributed by atoms with Gasteiger partial charge in [0.2, 0.25) is 0 Å². The van der Waals surface area contributed by atoms with Gasteiger partial charge in [0, 0.05) is 10.9 Å². The Morgan fingerprint density at radius 2 is 1.92 bits per heavy atom. The molecule has 0 aliphatic heterocycles. The van der Waals surface area contributed by atoms with E-state index in [1.807, 2.05) is 0 Å². The fourth-order valence-electron chi connectivity index (χ4n) is 2.61. The SMILES string of the molecule is CC(=O)CSc1ccccc1C(=O)O[C@H](C)C(=O)NC1CCCC1. The maximum absolute atomic E-state index is 12.4. The van der Waals surface area contributed by atoms with Crippen molar-refractivity contribution in [2.24, 2.45) is 0 Å². The third kappa shape index (κ3) is 5.37. The van der Waals surface area contributed by atoms with E-state index in [4.69, 9.17) is 4.74 Å². The van der Waals surface area contributed by atoms with Crippen molar-refractivity contribution >= 4 is 29.4 Å². The largest absolute Gasteiger partial charge is 0.449 e. The molecule has 1 aliphatic carbocycles. The first kappa shape index (κ1) is 18.5. The van der Waals surface area contributed by atoms with Gasteiger partial charge in [-0.25, -0.2) is 4.79 Å². The van der Waals surface area contributed by atoms with Crippen LogP contribution in [0.1, 0.15) is 49.9 Å². The second-order valence-electron chi connectivity index (χ2n) is 6.02. The summed E-state index contributed by atoms with van der Waals surface area (Å²) in [6.07, 6.45) is 3.37. The van der Waals surface area contributed by atoms with E-state index in [1.54, 1.807) is 31.2 Å². The Kier molecular flexibility index (Phi) is 6.85. The molecule has 1 aromatic rings. The smallest absolute Gasteiger partial charge is 0.340 e. The minimum atomic E-state index is -0.844. The molecule has 1 N–H and O–H groups in total. The van der Waals surface area contributed by atoms with Crippen LogP contribution in [-0.4, -0.2) is 35.6 Å². The highest BCUT2D eigenvalue weighted by atomic mass is 32.2. The van der Waals surface area contributed by atoms with Crippen molar-refractivity contribution in [3.8, 4) is 0 Å². The van der Waals surface area contributed by atoms with Crippen LogP contribution in [0.4, 0.5) is 0 Å². The van der Waals surface area contributed by atoms with Crippen molar-refractivity contribution in [1.29, 1.82) is 0 Å². The van der Waals surface area contributed by atoms with Crippen molar-refractivity contribution in [2.45, 2.75) is 56.6 Å². The monoisotopic (exact) mass is 349 g/mol. The highest BCUT2D eigenvalue weighted by Gasteiger charge is 2.24. The van der Waals surface area contributed by atoms with E-state index < -0.39 is 12.1 Å². The lowest BCUT2D eigenvalue weighted by molar-refractivity contribution is -0.129. The lowest BCUT2D eigenvalue weighted by atomic mass is 10.2. The predicted molar refractivity (Wildman–Crippen MR) is 93.1 cm³/mol. The van der Waals surface area contributed by atoms with E-state index in [0.29, 0.717) is 16.2 Å². The van der Waals surface area contributed by atoms with E-state index in [0.717, 1.165) is 25.7 Å². The number of amides is 1. The molecule has 0 aromatic heterocycles. The number of carbonyl (C=O) groups is 3. The van der Waals surface area contributed by atoms with Gasteiger partial charge in [0.15, 0.2) is 6.10 Å². The summed E-state index contributed by atoms with van der Waals surface area (Å²) in [4.78, 5) is 36.3. The summed E-state index contributed by atoms with van der Waals surface area (Å²) in [6.45, 7) is 3.08. The van der Waals surface area contributed by atoms with Crippen LogP contribution in [0.15, 0.2) is 29.2 Å². The van der Waals surface area contributed by atoms with E-state index in [-0.39, 0.29) is 17.7 Å². The highest BCUT2D eigenvalue weighted by molar-refractivity contribution is 8.00. The topological polar surface area (TPSA) is 72.5 Å². The zero-order valence-electron chi connectivity index (χ0n) is 14.0. The minimum Gasteiger partial charge on any atom is -0.449 e. The summed E-state index contributed by atoms with van der Waals surface area (Å²) in [5.74, 6) is -0.477. The number of ketones is 1. The fraction of sp³-hybridized carbons (Fsp3) is 0.500. The molecule has 2 rings (SSSR count). The average Bonchev–Trinajstić information content (AvgIpc) is 3.06. The van der Waals surface area contributed by atoms with Crippen LogP contribution in [0.25, 0.3) is 0 Å². The molecule has 1 aromatic carbocycles. The van der Waals surface area contributed by atoms with Gasteiger partial charge in [-0.3, -0.25) is 9.59 Å². The predicted octanol–water partition coefficient (Wildman–Crippen LogP) is 2.97. The minimum absolute atomic E-state index is 0.0347. The summed E-state index contributed by atoms with van der Waals surface area (Å²) >= 11 is 1.29. The molecule has 24 heavy (non-hydrogen) atoms. The third-order valence-electron chi connectivity index (χ3n) is 3.89. The maximum atomic E-state index is 12.4. The molecule has 1 aliphatic rings. The first-order chi connectivity index (χ1) is 11.5. The molecule has 1 saturated carbocycles. The Labute approximate surface area is 146 Å². The van der Waals surface area contributed by atoms with Crippen LogP contribution in [-0.2, 0) is 14.3 Å². The lowest BCUT2D eigenvalue weighted by Gasteiger charge is -2.17. The molecule has 0 spiro atoms. The van der Waals surface area contributed by atoms with Crippen LogP contribution in [0.5, 0.6) is 0 Å². The number of carbonyl (C=O) groups excluding carboxylic acids is 3. The number of thioether (sulfide) groups is 1. The van der Waals surface area contributed by atoms with E-state index in [1.165, 1.54) is 18.7 Å². The van der Waals surface area contributed by atoms with Crippen molar-refractivity contribution in [3.63, 3.8) is 0 Å². The standard InChI is InChI=1S/C18H23NO4S/c1-12(20)11-24-16-10-6-5-9-15(16)18(22)23-13(2)17(21)19-14-7-3-4-8-14/h5-6,9-10,13-14H,3-4,7-8,11H2,1-2H3,(H,19,21)/t13-/m1/s1. The number of Topliss-reactive ketones (excluding diaryl/α,β-unsaturated/α-hetero) is 1. The molecule has 0 bridgehead atoms. The quantitative estimate of drug-likeness (QED) is 0.605. The Morgan fingerprint density at radius 1 is 1.25 bits per heavy atom. The number of benzene rings is 1. The first-order valence-electron chi connectivity index (χ1n) is 8.20. The molecule has 130 valence electrons. The summed E-state index contributed by atoms with van der Waals surface area (Å²) in [5.41, 5.74) is 0.379. The second kappa shape index (κ2) is 8.87. The molecule has 0 saturated heterocycles. The van der Waals surface area contributed by atoms with Crippen molar-refractivity contribution < 1.29 is 19.1 Å². The molecule has 1 amide bonds. The fourth-order valence-corrected chi connectivity index (χ4v) is 3.45. The van der Waals surface area contributed by atoms with E-state index in [2.05, 4.69) is 5.32 Å². The molecule has 0 unspecified atom stereocenters. The second-order valence-corrected chi connectivity index (χ2v) is 7.04. The van der Waals surface area contributed by atoms with Gasteiger partial charge in [0.25, 0.3) is 5.91 Å². The molecule has 0 heterocycles. The molecular formula is C18H23NO4S. The Hall–Kier alpha value is -1.82. The van der Waals surface area contributed by atoms with Gasteiger partial charge in [-0.05, 0) is 38.8 Å². The Balaban J connectivity index is 1.95. The number of nitrogens with one attached hydrogen (secondary N) is 1. The van der Waals surface area contributed by atoms with E-state index >= 15 is 0 Å². The zero-order valence-corrected chi connectivity index (χ0v) is 14.9. The number of esters is 1.